The number of nitrogens with zero attached hydrogens (tertiary/aromatic N) is 1. The lowest BCUT2D eigenvalue weighted by molar-refractivity contribution is -0.125. The smallest absolute Gasteiger partial charge is 0.133 e. The van der Waals surface area contributed by atoms with Crippen LogP contribution in [0.25, 0.3) is 0 Å². The number of likely N-dealkylation sites (tertiary alicyclic amines) is 1. The lowest BCUT2D eigenvalue weighted by Gasteiger charge is -2.35. The highest BCUT2D eigenvalue weighted by atomic mass is 16.5. The molecule has 0 radical (unpaired) electrons. The summed E-state index contributed by atoms with van der Waals surface area (Å²) in [6.45, 7) is 6.21. The first kappa shape index (κ1) is 21.5. The summed E-state index contributed by atoms with van der Waals surface area (Å²) in [6.07, 6.45) is 11.8. The molecule has 0 amide bonds. The van der Waals surface area contributed by atoms with E-state index in [9.17, 15) is 4.79 Å². The maximum atomic E-state index is 12.3. The second-order valence-electron chi connectivity index (χ2n) is 10.6. The Morgan fingerprint density at radius 2 is 1.68 bits per heavy atom. The Balaban J connectivity index is 0.995. The van der Waals surface area contributed by atoms with Crippen molar-refractivity contribution in [1.29, 1.82) is 0 Å². The zero-order valence-corrected chi connectivity index (χ0v) is 19.0. The highest BCUT2D eigenvalue weighted by molar-refractivity contribution is 5.79. The predicted molar refractivity (Wildman–Crippen MR) is 123 cm³/mol. The Morgan fingerprint density at radius 1 is 0.935 bits per heavy atom. The number of rotatable bonds is 8. The van der Waals surface area contributed by atoms with E-state index in [1.807, 2.05) is 0 Å². The molecule has 1 saturated carbocycles. The second-order valence-corrected chi connectivity index (χ2v) is 10.6. The van der Waals surface area contributed by atoms with Crippen LogP contribution in [-0.4, -0.2) is 50.1 Å². The molecular weight excluding hydrogens is 386 g/mol. The quantitative estimate of drug-likeness (QED) is 0.588. The average molecular weight is 426 g/mol. The third-order valence-electron chi connectivity index (χ3n) is 8.37. The molecule has 4 nitrogen and oxygen atoms in total. The van der Waals surface area contributed by atoms with E-state index in [0.717, 1.165) is 50.8 Å². The Hall–Kier alpha value is -1.39. The summed E-state index contributed by atoms with van der Waals surface area (Å²) < 4.78 is 11.0. The van der Waals surface area contributed by atoms with E-state index in [1.54, 1.807) is 5.56 Å². The molecule has 0 atom stereocenters. The van der Waals surface area contributed by atoms with Gasteiger partial charge in [0, 0.05) is 30.7 Å². The summed E-state index contributed by atoms with van der Waals surface area (Å²) in [5, 5.41) is 0. The van der Waals surface area contributed by atoms with Crippen LogP contribution in [0.15, 0.2) is 18.2 Å². The lowest BCUT2D eigenvalue weighted by atomic mass is 9.78. The maximum absolute atomic E-state index is 12.3. The van der Waals surface area contributed by atoms with Gasteiger partial charge in [0.25, 0.3) is 0 Å². The number of carbonyl (C=O) groups is 1. The molecule has 5 rings (SSSR count). The molecule has 3 fully saturated rings. The standard InChI is InChI=1S/C27H39NO3/c29-24(17-22-18-30-19-22)16-21-6-4-20(5-7-21)8-12-28-13-9-23(10-14-28)25-2-1-3-27-26(25)11-15-31-27/h1-3,20-23H,4-19H2. The van der Waals surface area contributed by atoms with Crippen molar-refractivity contribution < 1.29 is 14.3 Å². The SMILES string of the molecule is O=C(CC1CCC(CCN2CCC(c3cccc4c3CCO4)CC2)CC1)CC1COC1. The number of piperidine rings is 1. The van der Waals surface area contributed by atoms with Crippen LogP contribution in [0.3, 0.4) is 0 Å². The van der Waals surface area contributed by atoms with Crippen LogP contribution in [0.2, 0.25) is 0 Å². The van der Waals surface area contributed by atoms with Gasteiger partial charge in [0.05, 0.1) is 19.8 Å². The fourth-order valence-electron chi connectivity index (χ4n) is 6.32. The van der Waals surface area contributed by atoms with Crippen LogP contribution in [0, 0.1) is 17.8 Å². The summed E-state index contributed by atoms with van der Waals surface area (Å²) in [7, 11) is 0. The fraction of sp³-hybridized carbons (Fsp3) is 0.741. The van der Waals surface area contributed by atoms with Crippen molar-refractivity contribution >= 4 is 5.78 Å². The Bertz CT molecular complexity index is 743. The van der Waals surface area contributed by atoms with Crippen molar-refractivity contribution in [3.8, 4) is 5.75 Å². The fourth-order valence-corrected chi connectivity index (χ4v) is 6.32. The van der Waals surface area contributed by atoms with E-state index in [-0.39, 0.29) is 0 Å². The Kier molecular flexibility index (Phi) is 6.95. The molecule has 1 aromatic carbocycles. The minimum Gasteiger partial charge on any atom is -0.493 e. The molecule has 0 bridgehead atoms. The number of hydrogen-bond acceptors (Lipinski definition) is 4. The maximum Gasteiger partial charge on any atom is 0.133 e. The Labute approximate surface area is 187 Å². The lowest BCUT2D eigenvalue weighted by Crippen LogP contribution is -2.35. The van der Waals surface area contributed by atoms with Gasteiger partial charge < -0.3 is 14.4 Å². The molecule has 4 heteroatoms. The summed E-state index contributed by atoms with van der Waals surface area (Å²) in [4.78, 5) is 15.0. The molecule has 2 saturated heterocycles. The largest absolute Gasteiger partial charge is 0.493 e. The third-order valence-corrected chi connectivity index (χ3v) is 8.37. The van der Waals surface area contributed by atoms with Crippen LogP contribution in [0.4, 0.5) is 0 Å². The molecule has 170 valence electrons. The number of Topliss-reactive ketones (excluding diaryl/α,β-unsaturated/α-hetero) is 1. The number of hydrogen-bond donors (Lipinski definition) is 0. The topological polar surface area (TPSA) is 38.8 Å². The zero-order valence-electron chi connectivity index (χ0n) is 19.0. The summed E-state index contributed by atoms with van der Waals surface area (Å²) in [5.41, 5.74) is 3.05. The van der Waals surface area contributed by atoms with Crippen LogP contribution in [-0.2, 0) is 16.0 Å². The number of carbonyl (C=O) groups excluding carboxylic acids is 1. The van der Waals surface area contributed by atoms with Gasteiger partial charge in [-0.15, -0.1) is 0 Å². The first-order valence-electron chi connectivity index (χ1n) is 12.8. The highest BCUT2D eigenvalue weighted by Crippen LogP contribution is 2.38. The van der Waals surface area contributed by atoms with Crippen LogP contribution < -0.4 is 4.74 Å². The van der Waals surface area contributed by atoms with Crippen LogP contribution >= 0.6 is 0 Å². The average Bonchev–Trinajstić information content (AvgIpc) is 3.25. The molecule has 3 aliphatic heterocycles. The highest BCUT2D eigenvalue weighted by Gasteiger charge is 2.28. The second kappa shape index (κ2) is 10.0. The molecule has 1 aliphatic carbocycles. The molecule has 31 heavy (non-hydrogen) atoms. The molecule has 0 unspecified atom stereocenters. The normalized spacial score (nSPS) is 27.5. The molecule has 1 aromatic rings. The van der Waals surface area contributed by atoms with Crippen molar-refractivity contribution in [2.75, 3.05) is 39.5 Å². The zero-order chi connectivity index (χ0) is 21.0. The van der Waals surface area contributed by atoms with Crippen molar-refractivity contribution in [2.45, 2.75) is 70.1 Å². The minimum absolute atomic E-state index is 0.482. The van der Waals surface area contributed by atoms with Crippen LogP contribution in [0.1, 0.15) is 74.8 Å². The third kappa shape index (κ3) is 5.34. The van der Waals surface area contributed by atoms with Gasteiger partial charge in [-0.25, -0.2) is 0 Å². The number of fused-ring (bicyclic) bond motifs is 1. The van der Waals surface area contributed by atoms with Crippen molar-refractivity contribution in [1.82, 2.24) is 4.90 Å². The van der Waals surface area contributed by atoms with Gasteiger partial charge in [0.1, 0.15) is 11.5 Å². The minimum atomic E-state index is 0.482. The van der Waals surface area contributed by atoms with Gasteiger partial charge in [-0.05, 0) is 81.1 Å². The van der Waals surface area contributed by atoms with E-state index < -0.39 is 0 Å². The molecule has 0 spiro atoms. The van der Waals surface area contributed by atoms with Gasteiger partial charge in [-0.3, -0.25) is 4.79 Å². The summed E-state index contributed by atoms with van der Waals surface area (Å²) in [5.74, 6) is 4.37. The number of ketones is 1. The van der Waals surface area contributed by atoms with E-state index in [0.29, 0.717) is 23.5 Å². The first-order chi connectivity index (χ1) is 15.2. The van der Waals surface area contributed by atoms with Gasteiger partial charge >= 0.3 is 0 Å². The first-order valence-corrected chi connectivity index (χ1v) is 12.8. The van der Waals surface area contributed by atoms with Gasteiger partial charge in [0.15, 0.2) is 0 Å². The molecular formula is C27H39NO3. The molecule has 0 aromatic heterocycles. The van der Waals surface area contributed by atoms with E-state index in [2.05, 4.69) is 23.1 Å². The molecule has 0 N–H and O–H groups in total. The van der Waals surface area contributed by atoms with Gasteiger partial charge in [-0.2, -0.15) is 0 Å². The van der Waals surface area contributed by atoms with E-state index in [4.69, 9.17) is 9.47 Å². The molecule has 4 aliphatic rings. The van der Waals surface area contributed by atoms with Gasteiger partial charge in [-0.1, -0.05) is 25.0 Å². The Morgan fingerprint density at radius 3 is 2.42 bits per heavy atom. The monoisotopic (exact) mass is 425 g/mol. The van der Waals surface area contributed by atoms with E-state index >= 15 is 0 Å². The summed E-state index contributed by atoms with van der Waals surface area (Å²) in [6, 6.07) is 6.66. The predicted octanol–water partition coefficient (Wildman–Crippen LogP) is 4.99. The summed E-state index contributed by atoms with van der Waals surface area (Å²) >= 11 is 0. The number of ether oxygens (including phenoxy) is 2. The van der Waals surface area contributed by atoms with Crippen molar-refractivity contribution in [3.05, 3.63) is 29.3 Å². The van der Waals surface area contributed by atoms with Crippen molar-refractivity contribution in [2.24, 2.45) is 17.8 Å². The van der Waals surface area contributed by atoms with Crippen LogP contribution in [0.5, 0.6) is 5.75 Å². The van der Waals surface area contributed by atoms with E-state index in [1.165, 1.54) is 70.1 Å². The van der Waals surface area contributed by atoms with Gasteiger partial charge in [0.2, 0.25) is 0 Å². The number of benzene rings is 1. The van der Waals surface area contributed by atoms with Crippen molar-refractivity contribution in [3.63, 3.8) is 0 Å². The molecule has 3 heterocycles.